The number of benzene rings is 2. The first-order valence-electron chi connectivity index (χ1n) is 16.9. The number of aromatic nitrogens is 1. The Balaban J connectivity index is 1.64. The first-order chi connectivity index (χ1) is 21.5. The SMILES string of the molecule is CCCCCCCCCCCC(=O)N(CCCC)CC(=O)N(Cc1ccccc1)Cc1cccn1Cc1cccc(OC)c1. The Morgan fingerprint density at radius 1 is 0.682 bits per heavy atom. The van der Waals surface area contributed by atoms with E-state index in [0.29, 0.717) is 32.6 Å². The van der Waals surface area contributed by atoms with Crippen molar-refractivity contribution < 1.29 is 14.3 Å². The number of methoxy groups -OCH3 is 1. The number of carbonyl (C=O) groups excluding carboxylic acids is 2. The van der Waals surface area contributed by atoms with Crippen LogP contribution in [0.5, 0.6) is 5.75 Å². The van der Waals surface area contributed by atoms with Crippen LogP contribution in [0, 0.1) is 0 Å². The smallest absolute Gasteiger partial charge is 0.242 e. The Hall–Kier alpha value is -3.54. The summed E-state index contributed by atoms with van der Waals surface area (Å²) in [5.74, 6) is 0.923. The van der Waals surface area contributed by atoms with Crippen molar-refractivity contribution in [2.75, 3.05) is 20.2 Å². The molecule has 0 fully saturated rings. The highest BCUT2D eigenvalue weighted by Crippen LogP contribution is 2.18. The van der Waals surface area contributed by atoms with E-state index in [1.165, 1.54) is 44.9 Å². The summed E-state index contributed by atoms with van der Waals surface area (Å²) in [5.41, 5.74) is 3.27. The predicted octanol–water partition coefficient (Wildman–Crippen LogP) is 8.62. The van der Waals surface area contributed by atoms with Crippen LogP contribution in [0.3, 0.4) is 0 Å². The minimum atomic E-state index is -0.0143. The van der Waals surface area contributed by atoms with Gasteiger partial charge in [-0.05, 0) is 48.2 Å². The van der Waals surface area contributed by atoms with Crippen LogP contribution >= 0.6 is 0 Å². The zero-order valence-electron chi connectivity index (χ0n) is 27.5. The predicted molar refractivity (Wildman–Crippen MR) is 181 cm³/mol. The number of ether oxygens (including phenoxy) is 1. The summed E-state index contributed by atoms with van der Waals surface area (Å²) >= 11 is 0. The molecule has 6 nitrogen and oxygen atoms in total. The molecular weight excluding hydrogens is 546 g/mol. The summed E-state index contributed by atoms with van der Waals surface area (Å²) in [6.45, 7) is 6.79. The van der Waals surface area contributed by atoms with Crippen LogP contribution in [0.4, 0.5) is 0 Å². The molecule has 0 unspecified atom stereocenters. The molecule has 3 aromatic rings. The van der Waals surface area contributed by atoms with E-state index in [9.17, 15) is 9.59 Å². The van der Waals surface area contributed by atoms with E-state index in [1.807, 2.05) is 52.3 Å². The second kappa shape index (κ2) is 20.4. The van der Waals surface area contributed by atoms with Crippen molar-refractivity contribution in [2.45, 2.75) is 111 Å². The Morgan fingerprint density at radius 2 is 1.36 bits per heavy atom. The summed E-state index contributed by atoms with van der Waals surface area (Å²) in [6, 6.07) is 22.3. The van der Waals surface area contributed by atoms with Gasteiger partial charge in [-0.15, -0.1) is 0 Å². The molecule has 1 aromatic heterocycles. The lowest BCUT2D eigenvalue weighted by molar-refractivity contribution is -0.141. The molecule has 0 aliphatic heterocycles. The van der Waals surface area contributed by atoms with Gasteiger partial charge in [0.05, 0.1) is 20.2 Å². The largest absolute Gasteiger partial charge is 0.497 e. The monoisotopic (exact) mass is 601 g/mol. The average molecular weight is 602 g/mol. The van der Waals surface area contributed by atoms with Gasteiger partial charge in [-0.2, -0.15) is 0 Å². The van der Waals surface area contributed by atoms with Gasteiger partial charge in [-0.3, -0.25) is 9.59 Å². The quantitative estimate of drug-likeness (QED) is 0.108. The molecular formula is C38H55N3O3. The number of carbonyl (C=O) groups is 2. The molecule has 0 spiro atoms. The molecule has 0 bridgehead atoms. The Bertz CT molecular complexity index is 1220. The maximum Gasteiger partial charge on any atom is 0.242 e. The second-order valence-corrected chi connectivity index (χ2v) is 12.0. The number of hydrogen-bond acceptors (Lipinski definition) is 3. The molecule has 0 saturated heterocycles. The minimum absolute atomic E-state index is 0.0143. The third-order valence-electron chi connectivity index (χ3n) is 8.29. The molecule has 3 rings (SSSR count). The number of rotatable bonds is 22. The van der Waals surface area contributed by atoms with E-state index in [4.69, 9.17) is 4.74 Å². The van der Waals surface area contributed by atoms with Crippen LogP contribution in [0.15, 0.2) is 72.9 Å². The van der Waals surface area contributed by atoms with E-state index < -0.39 is 0 Å². The molecule has 6 heteroatoms. The van der Waals surface area contributed by atoms with Crippen molar-refractivity contribution >= 4 is 11.8 Å². The van der Waals surface area contributed by atoms with E-state index in [0.717, 1.165) is 48.3 Å². The van der Waals surface area contributed by atoms with E-state index >= 15 is 0 Å². The molecule has 0 N–H and O–H groups in total. The molecule has 0 aliphatic rings. The lowest BCUT2D eigenvalue weighted by Gasteiger charge is -2.28. The topological polar surface area (TPSA) is 54.8 Å². The summed E-state index contributed by atoms with van der Waals surface area (Å²) < 4.78 is 7.60. The minimum Gasteiger partial charge on any atom is -0.497 e. The molecule has 0 aliphatic carbocycles. The van der Waals surface area contributed by atoms with Crippen LogP contribution in [0.25, 0.3) is 0 Å². The maximum absolute atomic E-state index is 13.9. The van der Waals surface area contributed by atoms with Gasteiger partial charge in [-0.25, -0.2) is 0 Å². The Labute approximate surface area is 266 Å². The summed E-state index contributed by atoms with van der Waals surface area (Å²) in [6.07, 6.45) is 15.5. The zero-order chi connectivity index (χ0) is 31.4. The normalized spacial score (nSPS) is 11.0. The summed E-state index contributed by atoms with van der Waals surface area (Å²) in [5, 5.41) is 0. The first kappa shape index (κ1) is 34.9. The lowest BCUT2D eigenvalue weighted by Crippen LogP contribution is -2.43. The van der Waals surface area contributed by atoms with Crippen molar-refractivity contribution in [1.29, 1.82) is 0 Å². The van der Waals surface area contributed by atoms with E-state index in [-0.39, 0.29) is 18.4 Å². The molecule has 0 saturated carbocycles. The number of unbranched alkanes of at least 4 members (excludes halogenated alkanes) is 9. The second-order valence-electron chi connectivity index (χ2n) is 12.0. The van der Waals surface area contributed by atoms with Gasteiger partial charge in [0.15, 0.2) is 0 Å². The highest BCUT2D eigenvalue weighted by Gasteiger charge is 2.22. The first-order valence-corrected chi connectivity index (χ1v) is 16.9. The lowest BCUT2D eigenvalue weighted by atomic mass is 10.1. The maximum atomic E-state index is 13.9. The molecule has 44 heavy (non-hydrogen) atoms. The number of nitrogens with zero attached hydrogens (tertiary/aromatic N) is 3. The Kier molecular flexibility index (Phi) is 16.2. The molecule has 0 radical (unpaired) electrons. The van der Waals surface area contributed by atoms with Gasteiger partial charge < -0.3 is 19.1 Å². The van der Waals surface area contributed by atoms with Gasteiger partial charge in [-0.1, -0.05) is 114 Å². The van der Waals surface area contributed by atoms with Crippen molar-refractivity contribution in [1.82, 2.24) is 14.4 Å². The van der Waals surface area contributed by atoms with Crippen LogP contribution in [-0.4, -0.2) is 46.4 Å². The van der Waals surface area contributed by atoms with Crippen molar-refractivity contribution in [3.63, 3.8) is 0 Å². The van der Waals surface area contributed by atoms with Crippen LogP contribution in [0.2, 0.25) is 0 Å². The Morgan fingerprint density at radius 3 is 2.07 bits per heavy atom. The highest BCUT2D eigenvalue weighted by molar-refractivity contribution is 5.84. The average Bonchev–Trinajstić information content (AvgIpc) is 3.48. The van der Waals surface area contributed by atoms with Gasteiger partial charge in [0.1, 0.15) is 5.75 Å². The zero-order valence-corrected chi connectivity index (χ0v) is 27.5. The molecule has 2 aromatic carbocycles. The van der Waals surface area contributed by atoms with Crippen LogP contribution in [-0.2, 0) is 29.2 Å². The fraction of sp³-hybridized carbons (Fsp3) is 0.526. The number of amides is 2. The van der Waals surface area contributed by atoms with Crippen molar-refractivity contribution in [3.8, 4) is 5.75 Å². The van der Waals surface area contributed by atoms with Gasteiger partial charge in [0, 0.05) is 37.9 Å². The van der Waals surface area contributed by atoms with Gasteiger partial charge in [0.25, 0.3) is 0 Å². The highest BCUT2D eigenvalue weighted by atomic mass is 16.5. The van der Waals surface area contributed by atoms with Gasteiger partial charge in [0.2, 0.25) is 11.8 Å². The van der Waals surface area contributed by atoms with E-state index in [2.05, 4.69) is 48.9 Å². The fourth-order valence-corrected chi connectivity index (χ4v) is 5.60. The third-order valence-corrected chi connectivity index (χ3v) is 8.29. The summed E-state index contributed by atoms with van der Waals surface area (Å²) in [4.78, 5) is 31.0. The van der Waals surface area contributed by atoms with Crippen LogP contribution in [0.1, 0.15) is 108 Å². The molecule has 2 amide bonds. The summed E-state index contributed by atoms with van der Waals surface area (Å²) in [7, 11) is 1.68. The number of hydrogen-bond donors (Lipinski definition) is 0. The molecule has 1 heterocycles. The fourth-order valence-electron chi connectivity index (χ4n) is 5.60. The van der Waals surface area contributed by atoms with Crippen LogP contribution < -0.4 is 4.74 Å². The third kappa shape index (κ3) is 12.6. The standard InChI is InChI=1S/C38H55N3O3/c1-4-6-8-9-10-11-12-13-17-25-37(42)40(26-7-5-2)32-38(43)41(29-33-20-15-14-16-21-33)31-35-23-19-27-39(35)30-34-22-18-24-36(28-34)44-3/h14-16,18-24,27-28H,4-13,17,25-26,29-32H2,1-3H3. The van der Waals surface area contributed by atoms with Crippen molar-refractivity contribution in [2.24, 2.45) is 0 Å². The molecule has 240 valence electrons. The molecule has 0 atom stereocenters. The van der Waals surface area contributed by atoms with Crippen molar-refractivity contribution in [3.05, 3.63) is 89.7 Å². The van der Waals surface area contributed by atoms with E-state index in [1.54, 1.807) is 7.11 Å². The van der Waals surface area contributed by atoms with Gasteiger partial charge >= 0.3 is 0 Å².